The first-order valence-corrected chi connectivity index (χ1v) is 17.8. The number of hydrogen-bond acceptors (Lipinski definition) is 9. The van der Waals surface area contributed by atoms with E-state index in [4.69, 9.17) is 60.6 Å². The van der Waals surface area contributed by atoms with E-state index in [1.54, 1.807) is 48.5 Å². The molecule has 0 N–H and O–H groups in total. The predicted molar refractivity (Wildman–Crippen MR) is 208 cm³/mol. The van der Waals surface area contributed by atoms with E-state index in [0.29, 0.717) is 0 Å². The van der Waals surface area contributed by atoms with Crippen molar-refractivity contribution in [3.63, 3.8) is 0 Å². The molecule has 55 heavy (non-hydrogen) atoms. The number of esters is 2. The molecule has 0 saturated heterocycles. The lowest BCUT2D eigenvalue weighted by Gasteiger charge is -2.37. The third-order valence-electron chi connectivity index (χ3n) is 9.44. The summed E-state index contributed by atoms with van der Waals surface area (Å²) in [5.41, 5.74) is -5.65. The van der Waals surface area contributed by atoms with Crippen LogP contribution in [-0.4, -0.2) is 48.2 Å². The van der Waals surface area contributed by atoms with Crippen LogP contribution in [0.15, 0.2) is 133 Å². The van der Waals surface area contributed by atoms with E-state index in [-0.39, 0.29) is 53.5 Å². The van der Waals surface area contributed by atoms with Gasteiger partial charge in [-0.3, -0.25) is 20.2 Å². The summed E-state index contributed by atoms with van der Waals surface area (Å²) in [6.45, 7) is 0. The lowest BCUT2D eigenvalue weighted by atomic mass is 9.73. The molecule has 0 amide bonds. The van der Waals surface area contributed by atoms with Crippen LogP contribution in [0.3, 0.4) is 0 Å². The van der Waals surface area contributed by atoms with Crippen LogP contribution < -0.4 is 0 Å². The standard InChI is InChI=1S/C40H28Cl4N2O9/c1-53-37(47)35-33(23-11-3-7-15-27(23)41)31(19-21-39(35,45(49)50)25-13-5-9-17-29(25)43)55-32-20-22-40(46(51)52,26-14-6-10-18-30(26)44)36(38(48)54-2)34(32)24-12-4-8-16-28(24)42/h3-22,31-32H,1-2H3. The molecule has 0 aliphatic heterocycles. The molecule has 15 heteroatoms. The Morgan fingerprint density at radius 1 is 0.564 bits per heavy atom. The van der Waals surface area contributed by atoms with Crippen molar-refractivity contribution in [1.29, 1.82) is 0 Å². The van der Waals surface area contributed by atoms with Crippen LogP contribution in [-0.2, 0) is 34.9 Å². The maximum atomic E-state index is 14.0. The Bertz CT molecular complexity index is 2210. The summed E-state index contributed by atoms with van der Waals surface area (Å²) < 4.78 is 17.2. The number of hydrogen-bond donors (Lipinski definition) is 0. The van der Waals surface area contributed by atoms with Crippen LogP contribution in [0.4, 0.5) is 0 Å². The summed E-state index contributed by atoms with van der Waals surface area (Å²) in [7, 11) is 2.14. The average molecular weight is 822 g/mol. The highest BCUT2D eigenvalue weighted by atomic mass is 35.5. The van der Waals surface area contributed by atoms with Gasteiger partial charge in [0.25, 0.3) is 11.1 Å². The number of carbonyl (C=O) groups is 2. The third-order valence-corrected chi connectivity index (χ3v) is 10.8. The molecule has 0 fully saturated rings. The summed E-state index contributed by atoms with van der Waals surface area (Å²) >= 11 is 26.7. The van der Waals surface area contributed by atoms with Crippen molar-refractivity contribution < 1.29 is 33.6 Å². The number of halogens is 4. The van der Waals surface area contributed by atoms with Crippen LogP contribution in [0.2, 0.25) is 20.1 Å². The highest BCUT2D eigenvalue weighted by Crippen LogP contribution is 2.51. The van der Waals surface area contributed by atoms with Crippen molar-refractivity contribution in [2.24, 2.45) is 0 Å². The van der Waals surface area contributed by atoms with Crippen LogP contribution in [0.1, 0.15) is 22.3 Å². The maximum absolute atomic E-state index is 14.0. The Kier molecular flexibility index (Phi) is 11.3. The molecule has 0 heterocycles. The second kappa shape index (κ2) is 15.8. The number of benzene rings is 4. The second-order valence-electron chi connectivity index (χ2n) is 12.2. The molecule has 0 radical (unpaired) electrons. The molecule has 4 unspecified atom stereocenters. The van der Waals surface area contributed by atoms with Gasteiger partial charge in [0.1, 0.15) is 23.4 Å². The monoisotopic (exact) mass is 820 g/mol. The lowest BCUT2D eigenvalue weighted by molar-refractivity contribution is -0.551. The van der Waals surface area contributed by atoms with Gasteiger partial charge in [-0.15, -0.1) is 0 Å². The summed E-state index contributed by atoms with van der Waals surface area (Å²) in [5.74, 6) is -2.18. The van der Waals surface area contributed by atoms with Gasteiger partial charge in [-0.05, 0) is 48.6 Å². The third kappa shape index (κ3) is 6.62. The fourth-order valence-corrected chi connectivity index (χ4v) is 8.09. The molecule has 0 aromatic heterocycles. The summed E-state index contributed by atoms with van der Waals surface area (Å²) in [6.07, 6.45) is 2.33. The molecule has 6 rings (SSSR count). The lowest BCUT2D eigenvalue weighted by Crippen LogP contribution is -2.45. The summed E-state index contributed by atoms with van der Waals surface area (Å²) in [6, 6.07) is 24.6. The van der Waals surface area contributed by atoms with Crippen molar-refractivity contribution in [1.82, 2.24) is 0 Å². The zero-order chi connectivity index (χ0) is 39.7. The van der Waals surface area contributed by atoms with Crippen molar-refractivity contribution >= 4 is 69.5 Å². The minimum absolute atomic E-state index is 0.0132. The number of rotatable bonds is 10. The normalized spacial score (nSPS) is 22.0. The van der Waals surface area contributed by atoms with E-state index in [1.807, 2.05) is 0 Å². The van der Waals surface area contributed by atoms with Crippen molar-refractivity contribution in [3.05, 3.63) is 195 Å². The first-order chi connectivity index (χ1) is 26.3. The maximum Gasteiger partial charge on any atom is 0.342 e. The van der Waals surface area contributed by atoms with Crippen LogP contribution in [0.25, 0.3) is 11.1 Å². The van der Waals surface area contributed by atoms with E-state index in [2.05, 4.69) is 0 Å². The summed E-state index contributed by atoms with van der Waals surface area (Å²) in [4.78, 5) is 53.4. The zero-order valence-corrected chi connectivity index (χ0v) is 31.8. The average Bonchev–Trinajstić information content (AvgIpc) is 3.18. The van der Waals surface area contributed by atoms with Gasteiger partial charge in [0.2, 0.25) is 0 Å². The van der Waals surface area contributed by atoms with Gasteiger partial charge in [0.05, 0.1) is 35.4 Å². The van der Waals surface area contributed by atoms with Gasteiger partial charge in [-0.25, -0.2) is 9.59 Å². The Labute approximate surface area is 334 Å². The first-order valence-electron chi connectivity index (χ1n) is 16.3. The smallest absolute Gasteiger partial charge is 0.342 e. The predicted octanol–water partition coefficient (Wildman–Crippen LogP) is 9.09. The number of ether oxygens (including phenoxy) is 3. The molecule has 4 atom stereocenters. The van der Waals surface area contributed by atoms with E-state index in [0.717, 1.165) is 14.2 Å². The van der Waals surface area contributed by atoms with E-state index >= 15 is 0 Å². The van der Waals surface area contributed by atoms with Crippen LogP contribution in [0, 0.1) is 20.2 Å². The molecule has 4 aromatic rings. The van der Waals surface area contributed by atoms with Gasteiger partial charge in [0, 0.05) is 54.3 Å². The van der Waals surface area contributed by atoms with Gasteiger partial charge >= 0.3 is 11.9 Å². The highest BCUT2D eigenvalue weighted by molar-refractivity contribution is 6.34. The molecule has 280 valence electrons. The quantitative estimate of drug-likeness (QED) is 0.0661. The fraction of sp³-hybridized carbons (Fsp3) is 0.150. The number of carbonyl (C=O) groups excluding carboxylic acids is 2. The molecule has 0 bridgehead atoms. The Morgan fingerprint density at radius 3 is 1.20 bits per heavy atom. The van der Waals surface area contributed by atoms with Crippen LogP contribution in [0.5, 0.6) is 0 Å². The molecule has 0 spiro atoms. The topological polar surface area (TPSA) is 148 Å². The minimum atomic E-state index is -2.41. The number of nitro groups is 2. The molecular formula is C40H28Cl4N2O9. The molecule has 0 saturated carbocycles. The van der Waals surface area contributed by atoms with Crippen molar-refractivity contribution in [3.8, 4) is 0 Å². The van der Waals surface area contributed by atoms with E-state index in [9.17, 15) is 29.8 Å². The van der Waals surface area contributed by atoms with Gasteiger partial charge in [0.15, 0.2) is 0 Å². The first kappa shape index (κ1) is 39.4. The summed E-state index contributed by atoms with van der Waals surface area (Å²) in [5, 5.41) is 26.9. The Hall–Kier alpha value is -5.30. The largest absolute Gasteiger partial charge is 0.465 e. The molecule has 2 aliphatic carbocycles. The minimum Gasteiger partial charge on any atom is -0.465 e. The number of nitrogens with zero attached hydrogens (tertiary/aromatic N) is 2. The van der Waals surface area contributed by atoms with Gasteiger partial charge < -0.3 is 14.2 Å². The second-order valence-corrected chi connectivity index (χ2v) is 13.9. The number of methoxy groups -OCH3 is 2. The van der Waals surface area contributed by atoms with Crippen molar-refractivity contribution in [2.75, 3.05) is 14.2 Å². The van der Waals surface area contributed by atoms with Crippen molar-refractivity contribution in [2.45, 2.75) is 23.3 Å². The van der Waals surface area contributed by atoms with Gasteiger partial charge in [-0.1, -0.05) is 107 Å². The Balaban J connectivity index is 1.69. The molecular weight excluding hydrogens is 794 g/mol. The SMILES string of the molecule is COC(=O)C1=C(c2ccccc2Cl)C(OC2C=CC(c3ccccc3Cl)([N+](=O)[O-])C(C(=O)OC)=C2c2ccccc2Cl)C=CC1(c1ccccc1Cl)[N+](=O)[O-]. The molecule has 2 aliphatic rings. The van der Waals surface area contributed by atoms with Gasteiger partial charge in [-0.2, -0.15) is 0 Å². The fourth-order valence-electron chi connectivity index (χ4n) is 7.05. The molecule has 4 aromatic carbocycles. The Morgan fingerprint density at radius 2 is 0.891 bits per heavy atom. The highest BCUT2D eigenvalue weighted by Gasteiger charge is 2.58. The molecule has 11 nitrogen and oxygen atoms in total. The zero-order valence-electron chi connectivity index (χ0n) is 28.8. The van der Waals surface area contributed by atoms with E-state index < -0.39 is 56.2 Å². The van der Waals surface area contributed by atoms with E-state index in [1.165, 1.54) is 72.8 Å². The van der Waals surface area contributed by atoms with Crippen LogP contribution >= 0.6 is 46.4 Å².